The molecule has 3 rings (SSSR count). The van der Waals surface area contributed by atoms with Crippen molar-refractivity contribution >= 4 is 6.03 Å². The van der Waals surface area contributed by atoms with Gasteiger partial charge in [0.1, 0.15) is 6.10 Å². The van der Waals surface area contributed by atoms with E-state index in [1.165, 1.54) is 0 Å². The average Bonchev–Trinajstić information content (AvgIpc) is 3.02. The SMILES string of the molecule is CC(NC(=O)N[C@H]1CCCO[C@@H]1c1cnn(C)c1)c1ccccc1. The summed E-state index contributed by atoms with van der Waals surface area (Å²) in [6, 6.07) is 9.65. The van der Waals surface area contributed by atoms with Gasteiger partial charge in [-0.3, -0.25) is 4.68 Å². The summed E-state index contributed by atoms with van der Waals surface area (Å²) in [7, 11) is 1.88. The van der Waals surface area contributed by atoms with Gasteiger partial charge >= 0.3 is 6.03 Å². The number of amides is 2. The van der Waals surface area contributed by atoms with E-state index in [4.69, 9.17) is 4.74 Å². The number of urea groups is 1. The van der Waals surface area contributed by atoms with E-state index in [2.05, 4.69) is 15.7 Å². The Bertz CT molecular complexity index is 671. The van der Waals surface area contributed by atoms with Gasteiger partial charge in [-0.15, -0.1) is 0 Å². The summed E-state index contributed by atoms with van der Waals surface area (Å²) < 4.78 is 7.64. The lowest BCUT2D eigenvalue weighted by Crippen LogP contribution is -2.47. The maximum atomic E-state index is 12.4. The van der Waals surface area contributed by atoms with E-state index in [0.29, 0.717) is 6.61 Å². The van der Waals surface area contributed by atoms with Gasteiger partial charge in [0.25, 0.3) is 0 Å². The van der Waals surface area contributed by atoms with Crippen molar-refractivity contribution in [2.45, 2.75) is 38.0 Å². The Morgan fingerprint density at radius 1 is 1.38 bits per heavy atom. The second-order valence-electron chi connectivity index (χ2n) is 6.24. The van der Waals surface area contributed by atoms with Gasteiger partial charge in [-0.25, -0.2) is 4.79 Å². The summed E-state index contributed by atoms with van der Waals surface area (Å²) in [6.45, 7) is 2.69. The summed E-state index contributed by atoms with van der Waals surface area (Å²) >= 11 is 0. The Kier molecular flexibility index (Phi) is 5.15. The molecule has 6 heteroatoms. The van der Waals surface area contributed by atoms with Crippen molar-refractivity contribution in [2.75, 3.05) is 6.61 Å². The lowest BCUT2D eigenvalue weighted by Gasteiger charge is -2.32. The van der Waals surface area contributed by atoms with Crippen LogP contribution in [0.25, 0.3) is 0 Å². The molecule has 3 atom stereocenters. The number of nitrogens with zero attached hydrogens (tertiary/aromatic N) is 2. The Labute approximate surface area is 142 Å². The third-order valence-electron chi connectivity index (χ3n) is 4.34. The molecular weight excluding hydrogens is 304 g/mol. The van der Waals surface area contributed by atoms with Crippen LogP contribution in [0.2, 0.25) is 0 Å². The third-order valence-corrected chi connectivity index (χ3v) is 4.34. The molecule has 0 saturated carbocycles. The van der Waals surface area contributed by atoms with Gasteiger partial charge in [0.05, 0.1) is 18.3 Å². The van der Waals surface area contributed by atoms with E-state index in [-0.39, 0.29) is 24.2 Å². The van der Waals surface area contributed by atoms with E-state index < -0.39 is 0 Å². The number of rotatable bonds is 4. The Morgan fingerprint density at radius 3 is 2.88 bits per heavy atom. The molecule has 1 fully saturated rings. The average molecular weight is 328 g/mol. The van der Waals surface area contributed by atoms with Crippen LogP contribution in [0.1, 0.15) is 43.0 Å². The molecule has 1 saturated heterocycles. The molecule has 2 N–H and O–H groups in total. The zero-order chi connectivity index (χ0) is 16.9. The van der Waals surface area contributed by atoms with Gasteiger partial charge in [0, 0.05) is 25.4 Å². The minimum Gasteiger partial charge on any atom is -0.371 e. The molecule has 0 aliphatic carbocycles. The van der Waals surface area contributed by atoms with Crippen molar-refractivity contribution in [1.29, 1.82) is 0 Å². The third kappa shape index (κ3) is 3.94. The van der Waals surface area contributed by atoms with Crippen molar-refractivity contribution in [3.05, 3.63) is 53.9 Å². The molecule has 2 amide bonds. The second-order valence-corrected chi connectivity index (χ2v) is 6.24. The molecule has 2 heterocycles. The van der Waals surface area contributed by atoms with Crippen LogP contribution in [0.5, 0.6) is 0 Å². The summed E-state index contributed by atoms with van der Waals surface area (Å²) in [4.78, 5) is 12.4. The molecule has 6 nitrogen and oxygen atoms in total. The predicted octanol–water partition coefficient (Wildman–Crippen LogP) is 2.70. The number of carbonyl (C=O) groups excluding carboxylic acids is 1. The lowest BCUT2D eigenvalue weighted by molar-refractivity contribution is -0.00753. The number of benzene rings is 1. The van der Waals surface area contributed by atoms with Crippen LogP contribution in [0.3, 0.4) is 0 Å². The van der Waals surface area contributed by atoms with E-state index in [1.54, 1.807) is 10.9 Å². The topological polar surface area (TPSA) is 68.2 Å². The van der Waals surface area contributed by atoms with Crippen LogP contribution in [0.4, 0.5) is 4.79 Å². The van der Waals surface area contributed by atoms with E-state index in [0.717, 1.165) is 24.0 Å². The smallest absolute Gasteiger partial charge is 0.315 e. The first-order chi connectivity index (χ1) is 11.6. The predicted molar refractivity (Wildman–Crippen MR) is 91.4 cm³/mol. The number of nitrogens with one attached hydrogen (secondary N) is 2. The minimum absolute atomic E-state index is 0.0486. The van der Waals surface area contributed by atoms with Crippen LogP contribution < -0.4 is 10.6 Å². The van der Waals surface area contributed by atoms with E-state index >= 15 is 0 Å². The first-order valence-electron chi connectivity index (χ1n) is 8.35. The number of aryl methyl sites for hydroxylation is 1. The van der Waals surface area contributed by atoms with Crippen molar-refractivity contribution in [3.8, 4) is 0 Å². The molecule has 2 aromatic rings. The highest BCUT2D eigenvalue weighted by atomic mass is 16.5. The Morgan fingerprint density at radius 2 is 2.17 bits per heavy atom. The minimum atomic E-state index is -0.171. The second kappa shape index (κ2) is 7.49. The number of hydrogen-bond donors (Lipinski definition) is 2. The van der Waals surface area contributed by atoms with Crippen LogP contribution in [0.15, 0.2) is 42.7 Å². The molecule has 1 aliphatic heterocycles. The highest BCUT2D eigenvalue weighted by molar-refractivity contribution is 5.74. The standard InChI is InChI=1S/C18H24N4O2/c1-13(14-7-4-3-5-8-14)20-18(23)21-16-9-6-10-24-17(16)15-11-19-22(2)12-15/h3-5,7-8,11-13,16-17H,6,9-10H2,1-2H3,(H2,20,21,23)/t13?,16-,17+/m0/s1. The molecular formula is C18H24N4O2. The van der Waals surface area contributed by atoms with Crippen molar-refractivity contribution in [3.63, 3.8) is 0 Å². The number of hydrogen-bond acceptors (Lipinski definition) is 3. The van der Waals surface area contributed by atoms with Gasteiger partial charge in [-0.1, -0.05) is 30.3 Å². The van der Waals surface area contributed by atoms with Crippen LogP contribution in [0, 0.1) is 0 Å². The molecule has 1 aromatic heterocycles. The molecule has 1 aromatic carbocycles. The Balaban J connectivity index is 1.61. The first-order valence-corrected chi connectivity index (χ1v) is 8.35. The quantitative estimate of drug-likeness (QED) is 0.907. The van der Waals surface area contributed by atoms with Crippen molar-refractivity contribution in [2.24, 2.45) is 7.05 Å². The zero-order valence-corrected chi connectivity index (χ0v) is 14.1. The summed E-state index contributed by atoms with van der Waals surface area (Å²) in [6.07, 6.45) is 5.43. The van der Waals surface area contributed by atoms with Crippen molar-refractivity contribution in [1.82, 2.24) is 20.4 Å². The van der Waals surface area contributed by atoms with Crippen LogP contribution in [-0.2, 0) is 11.8 Å². The van der Waals surface area contributed by atoms with Gasteiger partial charge in [0.2, 0.25) is 0 Å². The fourth-order valence-electron chi connectivity index (χ4n) is 3.08. The zero-order valence-electron chi connectivity index (χ0n) is 14.1. The fourth-order valence-corrected chi connectivity index (χ4v) is 3.08. The van der Waals surface area contributed by atoms with Gasteiger partial charge in [0.15, 0.2) is 0 Å². The summed E-state index contributed by atoms with van der Waals surface area (Å²) in [5, 5.41) is 10.3. The maximum Gasteiger partial charge on any atom is 0.315 e. The van der Waals surface area contributed by atoms with Crippen molar-refractivity contribution < 1.29 is 9.53 Å². The number of carbonyl (C=O) groups is 1. The largest absolute Gasteiger partial charge is 0.371 e. The maximum absolute atomic E-state index is 12.4. The Hall–Kier alpha value is -2.34. The molecule has 1 aliphatic rings. The number of aromatic nitrogens is 2. The molecule has 0 bridgehead atoms. The molecule has 128 valence electrons. The number of ether oxygens (including phenoxy) is 1. The molecule has 0 spiro atoms. The lowest BCUT2D eigenvalue weighted by atomic mass is 9.98. The van der Waals surface area contributed by atoms with Crippen LogP contribution in [-0.4, -0.2) is 28.5 Å². The van der Waals surface area contributed by atoms with Gasteiger partial charge < -0.3 is 15.4 Å². The highest BCUT2D eigenvalue weighted by Crippen LogP contribution is 2.28. The monoisotopic (exact) mass is 328 g/mol. The summed E-state index contributed by atoms with van der Waals surface area (Å²) in [5.41, 5.74) is 2.08. The molecule has 24 heavy (non-hydrogen) atoms. The molecule has 1 unspecified atom stereocenters. The first kappa shape index (κ1) is 16.5. The molecule has 0 radical (unpaired) electrons. The van der Waals surface area contributed by atoms with Gasteiger partial charge in [-0.2, -0.15) is 5.10 Å². The fraction of sp³-hybridized carbons (Fsp3) is 0.444. The van der Waals surface area contributed by atoms with Gasteiger partial charge in [-0.05, 0) is 25.3 Å². The highest BCUT2D eigenvalue weighted by Gasteiger charge is 2.30. The van der Waals surface area contributed by atoms with Crippen LogP contribution >= 0.6 is 0 Å². The van der Waals surface area contributed by atoms with E-state index in [9.17, 15) is 4.79 Å². The van der Waals surface area contributed by atoms with E-state index in [1.807, 2.05) is 50.5 Å². The summed E-state index contributed by atoms with van der Waals surface area (Å²) in [5.74, 6) is 0. The normalized spacial score (nSPS) is 21.9.